The maximum Gasteiger partial charge on any atom is 0.254 e. The van der Waals surface area contributed by atoms with Crippen molar-refractivity contribution in [2.75, 3.05) is 6.54 Å². The number of hydrogen-bond donors (Lipinski definition) is 0. The van der Waals surface area contributed by atoms with E-state index in [0.717, 1.165) is 29.4 Å². The Kier molecular flexibility index (Phi) is 3.71. The molecule has 0 spiro atoms. The summed E-state index contributed by atoms with van der Waals surface area (Å²) >= 11 is 5.12. The molecule has 2 nitrogen and oxygen atoms in total. The summed E-state index contributed by atoms with van der Waals surface area (Å²) in [5.41, 5.74) is 2.03. The lowest BCUT2D eigenvalue weighted by molar-refractivity contribution is 0.0736. The van der Waals surface area contributed by atoms with Gasteiger partial charge >= 0.3 is 0 Å². The third-order valence-corrected chi connectivity index (χ3v) is 4.71. The van der Waals surface area contributed by atoms with Gasteiger partial charge in [-0.2, -0.15) is 11.3 Å². The molecular weight excluding hydrogens is 322 g/mol. The fourth-order valence-corrected chi connectivity index (χ4v) is 3.71. The Morgan fingerprint density at radius 3 is 3.00 bits per heavy atom. The molecule has 2 heterocycles. The van der Waals surface area contributed by atoms with Gasteiger partial charge in [-0.25, -0.2) is 0 Å². The first-order chi connectivity index (χ1) is 9.25. The smallest absolute Gasteiger partial charge is 0.254 e. The van der Waals surface area contributed by atoms with Crippen molar-refractivity contribution in [3.8, 4) is 0 Å². The molecule has 1 fully saturated rings. The Morgan fingerprint density at radius 1 is 1.37 bits per heavy atom. The summed E-state index contributed by atoms with van der Waals surface area (Å²) in [6.45, 7) is 0.853. The maximum atomic E-state index is 12.6. The van der Waals surface area contributed by atoms with Crippen LogP contribution in [0.5, 0.6) is 0 Å². The van der Waals surface area contributed by atoms with Gasteiger partial charge in [-0.3, -0.25) is 4.79 Å². The van der Waals surface area contributed by atoms with Gasteiger partial charge in [0.15, 0.2) is 0 Å². The van der Waals surface area contributed by atoms with E-state index in [4.69, 9.17) is 0 Å². The number of thiophene rings is 1. The molecular formula is C15H14BrNOS. The molecule has 1 saturated heterocycles. The van der Waals surface area contributed by atoms with Gasteiger partial charge in [0.2, 0.25) is 0 Å². The number of halogens is 1. The molecule has 0 N–H and O–H groups in total. The van der Waals surface area contributed by atoms with Crippen molar-refractivity contribution in [3.05, 3.63) is 56.7 Å². The molecule has 1 amide bonds. The summed E-state index contributed by atoms with van der Waals surface area (Å²) in [5.74, 6) is 0.134. The van der Waals surface area contributed by atoms with Crippen LogP contribution < -0.4 is 0 Å². The fraction of sp³-hybridized carbons (Fsp3) is 0.267. The third kappa shape index (κ3) is 2.60. The average Bonchev–Trinajstić information content (AvgIpc) is 3.08. The first-order valence-corrected chi connectivity index (χ1v) is 8.08. The van der Waals surface area contributed by atoms with Gasteiger partial charge in [0.1, 0.15) is 0 Å². The van der Waals surface area contributed by atoms with E-state index in [0.29, 0.717) is 0 Å². The minimum absolute atomic E-state index is 0.134. The molecule has 0 saturated carbocycles. The number of nitrogens with zero attached hydrogens (tertiary/aromatic N) is 1. The van der Waals surface area contributed by atoms with E-state index in [1.54, 1.807) is 11.3 Å². The number of amides is 1. The molecule has 0 radical (unpaired) electrons. The van der Waals surface area contributed by atoms with Crippen molar-refractivity contribution < 1.29 is 4.79 Å². The number of benzene rings is 1. The first-order valence-electron chi connectivity index (χ1n) is 6.34. The van der Waals surface area contributed by atoms with E-state index in [2.05, 4.69) is 32.8 Å². The largest absolute Gasteiger partial charge is 0.332 e. The van der Waals surface area contributed by atoms with Crippen LogP contribution in [0.25, 0.3) is 0 Å². The molecule has 1 aliphatic heterocycles. The molecule has 1 aromatic carbocycles. The zero-order valence-electron chi connectivity index (χ0n) is 10.4. The van der Waals surface area contributed by atoms with Crippen molar-refractivity contribution in [1.29, 1.82) is 0 Å². The van der Waals surface area contributed by atoms with Gasteiger partial charge in [-0.1, -0.05) is 22.0 Å². The van der Waals surface area contributed by atoms with Crippen LogP contribution in [0.4, 0.5) is 0 Å². The zero-order chi connectivity index (χ0) is 13.2. The van der Waals surface area contributed by atoms with E-state index < -0.39 is 0 Å². The van der Waals surface area contributed by atoms with Gasteiger partial charge in [-0.05, 0) is 53.4 Å². The van der Waals surface area contributed by atoms with E-state index in [1.807, 2.05) is 29.2 Å². The van der Waals surface area contributed by atoms with Gasteiger partial charge < -0.3 is 4.90 Å². The number of carbonyl (C=O) groups excluding carboxylic acids is 1. The van der Waals surface area contributed by atoms with Crippen LogP contribution in [0.2, 0.25) is 0 Å². The molecule has 4 heteroatoms. The summed E-state index contributed by atoms with van der Waals surface area (Å²) in [4.78, 5) is 14.6. The monoisotopic (exact) mass is 335 g/mol. The summed E-state index contributed by atoms with van der Waals surface area (Å²) in [5, 5.41) is 4.23. The Hall–Kier alpha value is -1.13. The third-order valence-electron chi connectivity index (χ3n) is 3.51. The Morgan fingerprint density at radius 2 is 2.26 bits per heavy atom. The predicted molar refractivity (Wildman–Crippen MR) is 81.5 cm³/mol. The standard InChI is InChI=1S/C15H14BrNOS/c16-13-4-1-3-11(9-13)15(18)17-7-2-5-14(17)12-6-8-19-10-12/h1,3-4,6,8-10,14H,2,5,7H2/t14-/m0/s1. The summed E-state index contributed by atoms with van der Waals surface area (Å²) in [7, 11) is 0. The lowest BCUT2D eigenvalue weighted by Crippen LogP contribution is -2.30. The fourth-order valence-electron chi connectivity index (χ4n) is 2.61. The lowest BCUT2D eigenvalue weighted by Gasteiger charge is -2.24. The van der Waals surface area contributed by atoms with E-state index >= 15 is 0 Å². The SMILES string of the molecule is O=C(c1cccc(Br)c1)N1CCC[C@H]1c1ccsc1. The zero-order valence-corrected chi connectivity index (χ0v) is 12.8. The number of rotatable bonds is 2. The van der Waals surface area contributed by atoms with Crippen LogP contribution >= 0.6 is 27.3 Å². The molecule has 1 aliphatic rings. The molecule has 1 atom stereocenters. The van der Waals surface area contributed by atoms with Crippen molar-refractivity contribution in [2.24, 2.45) is 0 Å². The van der Waals surface area contributed by atoms with E-state index in [1.165, 1.54) is 5.56 Å². The highest BCUT2D eigenvalue weighted by Gasteiger charge is 2.30. The Balaban J connectivity index is 1.87. The number of likely N-dealkylation sites (tertiary alicyclic amines) is 1. The van der Waals surface area contributed by atoms with Gasteiger partial charge in [-0.15, -0.1) is 0 Å². The van der Waals surface area contributed by atoms with Crippen molar-refractivity contribution >= 4 is 33.2 Å². The second kappa shape index (κ2) is 5.47. The van der Waals surface area contributed by atoms with Gasteiger partial charge in [0.25, 0.3) is 5.91 Å². The van der Waals surface area contributed by atoms with Crippen molar-refractivity contribution in [1.82, 2.24) is 4.90 Å². The number of carbonyl (C=O) groups is 1. The summed E-state index contributed by atoms with van der Waals surface area (Å²) in [6, 6.07) is 10.0. The lowest BCUT2D eigenvalue weighted by atomic mass is 10.1. The van der Waals surface area contributed by atoms with Crippen molar-refractivity contribution in [2.45, 2.75) is 18.9 Å². The minimum atomic E-state index is 0.134. The quantitative estimate of drug-likeness (QED) is 0.791. The second-order valence-corrected chi connectivity index (χ2v) is 6.42. The minimum Gasteiger partial charge on any atom is -0.332 e. The van der Waals surface area contributed by atoms with Crippen LogP contribution in [0.1, 0.15) is 34.8 Å². The molecule has 1 aromatic heterocycles. The molecule has 2 aromatic rings. The average molecular weight is 336 g/mol. The molecule has 98 valence electrons. The highest BCUT2D eigenvalue weighted by Crippen LogP contribution is 2.34. The predicted octanol–water partition coefficient (Wildman–Crippen LogP) is 4.49. The van der Waals surface area contributed by atoms with Gasteiger partial charge in [0.05, 0.1) is 6.04 Å². The Bertz CT molecular complexity index is 582. The normalized spacial score (nSPS) is 18.8. The summed E-state index contributed by atoms with van der Waals surface area (Å²) < 4.78 is 0.949. The van der Waals surface area contributed by atoms with Crippen molar-refractivity contribution in [3.63, 3.8) is 0 Å². The van der Waals surface area contributed by atoms with Crippen LogP contribution in [-0.2, 0) is 0 Å². The topological polar surface area (TPSA) is 20.3 Å². The van der Waals surface area contributed by atoms with Crippen LogP contribution in [0.3, 0.4) is 0 Å². The highest BCUT2D eigenvalue weighted by molar-refractivity contribution is 9.10. The number of hydrogen-bond acceptors (Lipinski definition) is 2. The second-order valence-electron chi connectivity index (χ2n) is 4.72. The van der Waals surface area contributed by atoms with E-state index in [9.17, 15) is 4.79 Å². The highest BCUT2D eigenvalue weighted by atomic mass is 79.9. The molecule has 0 aliphatic carbocycles. The molecule has 3 rings (SSSR count). The first kappa shape index (κ1) is 12.9. The maximum absolute atomic E-state index is 12.6. The Labute approximate surface area is 125 Å². The molecule has 0 bridgehead atoms. The van der Waals surface area contributed by atoms with Gasteiger partial charge in [0, 0.05) is 16.6 Å². The van der Waals surface area contributed by atoms with Crippen LogP contribution in [-0.4, -0.2) is 17.4 Å². The summed E-state index contributed by atoms with van der Waals surface area (Å²) in [6.07, 6.45) is 2.15. The van der Waals surface area contributed by atoms with Crippen LogP contribution in [0, 0.1) is 0 Å². The van der Waals surface area contributed by atoms with E-state index in [-0.39, 0.29) is 11.9 Å². The van der Waals surface area contributed by atoms with Crippen LogP contribution in [0.15, 0.2) is 45.6 Å². The molecule has 19 heavy (non-hydrogen) atoms. The molecule has 0 unspecified atom stereocenters.